The van der Waals surface area contributed by atoms with Crippen LogP contribution in [-0.4, -0.2) is 19.0 Å². The molecule has 0 amide bonds. The molecule has 2 heteroatoms. The van der Waals surface area contributed by atoms with E-state index in [2.05, 4.69) is 6.92 Å². The van der Waals surface area contributed by atoms with Gasteiger partial charge in [-0.05, 0) is 12.8 Å². The molecule has 2 nitrogen and oxygen atoms in total. The van der Waals surface area contributed by atoms with Crippen LogP contribution >= 0.6 is 0 Å². The van der Waals surface area contributed by atoms with Crippen LogP contribution in [0.2, 0.25) is 0 Å². The normalized spacial score (nSPS) is 12.9. The molecule has 0 aliphatic carbocycles. The predicted molar refractivity (Wildman–Crippen MR) is 45.6 cm³/mol. The van der Waals surface area contributed by atoms with Gasteiger partial charge in [0, 0.05) is 6.61 Å². The van der Waals surface area contributed by atoms with E-state index in [1.54, 1.807) is 0 Å². The molecule has 0 saturated carbocycles. The Morgan fingerprint density at radius 3 is 2.55 bits per heavy atom. The summed E-state index contributed by atoms with van der Waals surface area (Å²) in [6.07, 6.45) is 4.81. The van der Waals surface area contributed by atoms with E-state index in [1.807, 2.05) is 6.92 Å². The number of ether oxygens (including phenoxy) is 1. The van der Waals surface area contributed by atoms with Crippen LogP contribution in [0.1, 0.15) is 39.5 Å². The highest BCUT2D eigenvalue weighted by Gasteiger charge is 2.04. The molecule has 0 aliphatic heterocycles. The molecule has 0 spiro atoms. The lowest BCUT2D eigenvalue weighted by molar-refractivity contribution is -0.118. The first-order valence-electron chi connectivity index (χ1n) is 4.42. The molecular formula is C9H18O2. The zero-order valence-corrected chi connectivity index (χ0v) is 7.51. The zero-order chi connectivity index (χ0) is 8.53. The molecule has 0 aromatic rings. The van der Waals surface area contributed by atoms with Crippen molar-refractivity contribution in [3.63, 3.8) is 0 Å². The maximum Gasteiger partial charge on any atom is 0.148 e. The van der Waals surface area contributed by atoms with Crippen LogP contribution in [0.3, 0.4) is 0 Å². The van der Waals surface area contributed by atoms with Gasteiger partial charge in [0.25, 0.3) is 0 Å². The van der Waals surface area contributed by atoms with Crippen LogP contribution < -0.4 is 0 Å². The van der Waals surface area contributed by atoms with Crippen molar-refractivity contribution in [2.45, 2.75) is 45.6 Å². The molecule has 1 unspecified atom stereocenters. The van der Waals surface area contributed by atoms with Gasteiger partial charge in [0.15, 0.2) is 0 Å². The second-order valence-electron chi connectivity index (χ2n) is 2.69. The molecule has 0 fully saturated rings. The monoisotopic (exact) mass is 158 g/mol. The van der Waals surface area contributed by atoms with Crippen molar-refractivity contribution < 1.29 is 9.53 Å². The third-order valence-corrected chi connectivity index (χ3v) is 1.53. The first kappa shape index (κ1) is 10.6. The molecule has 11 heavy (non-hydrogen) atoms. The third kappa shape index (κ3) is 6.05. The average molecular weight is 158 g/mol. The van der Waals surface area contributed by atoms with Crippen LogP contribution in [0.25, 0.3) is 0 Å². The van der Waals surface area contributed by atoms with Gasteiger partial charge in [-0.15, -0.1) is 0 Å². The standard InChI is InChI=1S/C9H18O2/c1-3-5-6-9(8-10)11-7-4-2/h8-9H,3-7H2,1-2H3. The van der Waals surface area contributed by atoms with Gasteiger partial charge in [0.2, 0.25) is 0 Å². The molecule has 66 valence electrons. The number of rotatable bonds is 7. The van der Waals surface area contributed by atoms with E-state index >= 15 is 0 Å². The van der Waals surface area contributed by atoms with E-state index in [-0.39, 0.29) is 6.10 Å². The zero-order valence-electron chi connectivity index (χ0n) is 7.51. The SMILES string of the molecule is CCCCC(C=O)OCCC. The summed E-state index contributed by atoms with van der Waals surface area (Å²) in [4.78, 5) is 10.4. The van der Waals surface area contributed by atoms with E-state index in [0.717, 1.165) is 32.0 Å². The van der Waals surface area contributed by atoms with Crippen LogP contribution in [0.4, 0.5) is 0 Å². The van der Waals surface area contributed by atoms with Gasteiger partial charge in [0.05, 0.1) is 0 Å². The van der Waals surface area contributed by atoms with E-state index in [0.29, 0.717) is 6.61 Å². The third-order valence-electron chi connectivity index (χ3n) is 1.53. The van der Waals surface area contributed by atoms with Gasteiger partial charge in [-0.1, -0.05) is 26.7 Å². The Morgan fingerprint density at radius 1 is 1.36 bits per heavy atom. The van der Waals surface area contributed by atoms with Crippen molar-refractivity contribution in [2.24, 2.45) is 0 Å². The Kier molecular flexibility index (Phi) is 7.47. The number of carbonyl (C=O) groups is 1. The summed E-state index contributed by atoms with van der Waals surface area (Å²) in [6, 6.07) is 0. The Labute approximate surface area is 68.9 Å². The van der Waals surface area contributed by atoms with Crippen LogP contribution in [-0.2, 0) is 9.53 Å². The van der Waals surface area contributed by atoms with Gasteiger partial charge < -0.3 is 9.53 Å². The predicted octanol–water partition coefficient (Wildman–Crippen LogP) is 2.17. The van der Waals surface area contributed by atoms with Gasteiger partial charge >= 0.3 is 0 Å². The Balaban J connectivity index is 3.33. The fourth-order valence-electron chi connectivity index (χ4n) is 0.865. The van der Waals surface area contributed by atoms with Crippen LogP contribution in [0.5, 0.6) is 0 Å². The molecule has 0 bridgehead atoms. The van der Waals surface area contributed by atoms with Crippen molar-refractivity contribution in [3.05, 3.63) is 0 Å². The minimum atomic E-state index is -0.158. The summed E-state index contributed by atoms with van der Waals surface area (Å²) in [5.74, 6) is 0. The largest absolute Gasteiger partial charge is 0.371 e. The first-order valence-corrected chi connectivity index (χ1v) is 4.42. The van der Waals surface area contributed by atoms with E-state index in [4.69, 9.17) is 4.74 Å². The summed E-state index contributed by atoms with van der Waals surface area (Å²) in [5, 5.41) is 0. The molecule has 0 N–H and O–H groups in total. The van der Waals surface area contributed by atoms with Crippen molar-refractivity contribution in [1.29, 1.82) is 0 Å². The minimum absolute atomic E-state index is 0.158. The van der Waals surface area contributed by atoms with Gasteiger partial charge in [-0.3, -0.25) is 0 Å². The average Bonchev–Trinajstić information content (AvgIpc) is 2.05. The Hall–Kier alpha value is -0.370. The molecule has 0 rings (SSSR count). The van der Waals surface area contributed by atoms with Crippen LogP contribution in [0.15, 0.2) is 0 Å². The van der Waals surface area contributed by atoms with Gasteiger partial charge in [0.1, 0.15) is 12.4 Å². The summed E-state index contributed by atoms with van der Waals surface area (Å²) in [7, 11) is 0. The Morgan fingerprint density at radius 2 is 2.09 bits per heavy atom. The minimum Gasteiger partial charge on any atom is -0.371 e. The van der Waals surface area contributed by atoms with Crippen LogP contribution in [0, 0.1) is 0 Å². The molecule has 1 atom stereocenters. The van der Waals surface area contributed by atoms with Crippen molar-refractivity contribution in [3.8, 4) is 0 Å². The quantitative estimate of drug-likeness (QED) is 0.531. The Bertz CT molecular complexity index is 83.6. The molecule has 0 aliphatic rings. The second kappa shape index (κ2) is 7.73. The molecule has 0 aromatic carbocycles. The fraction of sp³-hybridized carbons (Fsp3) is 0.889. The maximum absolute atomic E-state index is 10.4. The number of hydrogen-bond acceptors (Lipinski definition) is 2. The summed E-state index contributed by atoms with van der Waals surface area (Å²) in [5.41, 5.74) is 0. The number of unbranched alkanes of at least 4 members (excludes halogenated alkanes) is 1. The first-order chi connectivity index (χ1) is 5.35. The maximum atomic E-state index is 10.4. The molecule has 0 heterocycles. The lowest BCUT2D eigenvalue weighted by atomic mass is 10.2. The van der Waals surface area contributed by atoms with E-state index in [9.17, 15) is 4.79 Å². The second-order valence-corrected chi connectivity index (χ2v) is 2.69. The highest BCUT2D eigenvalue weighted by molar-refractivity contribution is 5.55. The summed E-state index contributed by atoms with van der Waals surface area (Å²) >= 11 is 0. The lowest BCUT2D eigenvalue weighted by Crippen LogP contribution is -2.14. The topological polar surface area (TPSA) is 26.3 Å². The fourth-order valence-corrected chi connectivity index (χ4v) is 0.865. The highest BCUT2D eigenvalue weighted by Crippen LogP contribution is 2.02. The summed E-state index contributed by atoms with van der Waals surface area (Å²) < 4.78 is 5.27. The lowest BCUT2D eigenvalue weighted by Gasteiger charge is -2.09. The smallest absolute Gasteiger partial charge is 0.148 e. The number of aldehydes is 1. The van der Waals surface area contributed by atoms with Crippen molar-refractivity contribution in [2.75, 3.05) is 6.61 Å². The van der Waals surface area contributed by atoms with E-state index < -0.39 is 0 Å². The van der Waals surface area contributed by atoms with E-state index in [1.165, 1.54) is 0 Å². The number of hydrogen-bond donors (Lipinski definition) is 0. The molecular weight excluding hydrogens is 140 g/mol. The van der Waals surface area contributed by atoms with Crippen molar-refractivity contribution >= 4 is 6.29 Å². The van der Waals surface area contributed by atoms with Crippen molar-refractivity contribution in [1.82, 2.24) is 0 Å². The summed E-state index contributed by atoms with van der Waals surface area (Å²) in [6.45, 7) is 4.86. The van der Waals surface area contributed by atoms with Gasteiger partial charge in [-0.2, -0.15) is 0 Å². The highest BCUT2D eigenvalue weighted by atomic mass is 16.5. The molecule has 0 aromatic heterocycles. The molecule has 0 radical (unpaired) electrons. The number of carbonyl (C=O) groups excluding carboxylic acids is 1. The van der Waals surface area contributed by atoms with Gasteiger partial charge in [-0.25, -0.2) is 0 Å². The molecule has 0 saturated heterocycles.